The lowest BCUT2D eigenvalue weighted by molar-refractivity contribution is -0.312. The van der Waals surface area contributed by atoms with Crippen LogP contribution in [0.15, 0.2) is 0 Å². The molecular weight excluding hydrogens is 604 g/mol. The van der Waals surface area contributed by atoms with Crippen LogP contribution in [-0.4, -0.2) is 120 Å². The maximum atomic E-state index is 12.4. The molecule has 0 fully saturated rings. The number of carbonyl (C=O) groups is 8. The molecule has 256 valence electrons. The highest BCUT2D eigenvalue weighted by molar-refractivity contribution is 5.86. The molecule has 19 heteroatoms. The van der Waals surface area contributed by atoms with Crippen LogP contribution in [-0.2, 0) is 28.8 Å². The topological polar surface area (TPSA) is 312 Å². The Morgan fingerprint density at radius 2 is 1.18 bits per heavy atom. The van der Waals surface area contributed by atoms with Gasteiger partial charge in [0, 0.05) is 89.5 Å². The molecule has 0 rings (SSSR count). The molecule has 0 aliphatic rings. The second-order valence-electron chi connectivity index (χ2n) is 9.88. The summed E-state index contributed by atoms with van der Waals surface area (Å²) >= 11 is 0. The van der Waals surface area contributed by atoms with Gasteiger partial charge in [-0.1, -0.05) is 6.92 Å². The molecule has 0 heterocycles. The van der Waals surface area contributed by atoms with Crippen LogP contribution in [0.5, 0.6) is 0 Å². The number of carboxylic acids is 3. The van der Waals surface area contributed by atoms with Crippen molar-refractivity contribution in [2.24, 2.45) is 5.73 Å². The van der Waals surface area contributed by atoms with E-state index in [-0.39, 0.29) is 38.1 Å². The normalized spacial score (nSPS) is 12.0. The zero-order chi connectivity index (χ0) is 34.5. The number of nitrogens with zero attached hydrogens (tertiary/aromatic N) is 3. The summed E-state index contributed by atoms with van der Waals surface area (Å²) in [4.78, 5) is 94.1. The van der Waals surface area contributed by atoms with Gasteiger partial charge in [0.1, 0.15) is 18.2 Å². The molecule has 0 saturated heterocycles. The third-order valence-electron chi connectivity index (χ3n) is 6.60. The summed E-state index contributed by atoms with van der Waals surface area (Å²) < 4.78 is 0. The predicted molar refractivity (Wildman–Crippen MR) is 141 cm³/mol. The lowest BCUT2D eigenvalue weighted by atomic mass is 10.1. The fourth-order valence-corrected chi connectivity index (χ4v) is 4.05. The first-order valence-corrected chi connectivity index (χ1v) is 14.2. The van der Waals surface area contributed by atoms with Gasteiger partial charge in [-0.05, 0) is 25.7 Å². The van der Waals surface area contributed by atoms with E-state index in [4.69, 9.17) is 5.73 Å². The fourth-order valence-electron chi connectivity index (χ4n) is 4.05. The van der Waals surface area contributed by atoms with Gasteiger partial charge in [0.25, 0.3) is 0 Å². The van der Waals surface area contributed by atoms with E-state index in [1.54, 1.807) is 6.92 Å². The van der Waals surface area contributed by atoms with Gasteiger partial charge in [-0.25, -0.2) is 0 Å². The molecule has 19 nitrogen and oxygen atoms in total. The number of hydrogen-bond donors (Lipinski definition) is 3. The van der Waals surface area contributed by atoms with E-state index in [0.29, 0.717) is 22.6 Å². The Morgan fingerprint density at radius 1 is 0.667 bits per heavy atom. The molecule has 5 amide bonds. The van der Waals surface area contributed by atoms with Crippen molar-refractivity contribution in [3.05, 3.63) is 0 Å². The number of carboxylic acid groups (broad SMARTS) is 5. The van der Waals surface area contributed by atoms with Crippen LogP contribution in [0.2, 0.25) is 0 Å². The molecule has 0 aromatic carbocycles. The first-order chi connectivity index (χ1) is 21.1. The van der Waals surface area contributed by atoms with Crippen LogP contribution in [0.25, 0.3) is 0 Å². The molecule has 0 bridgehead atoms. The molecule has 0 aromatic heterocycles. The molecule has 4 N–H and O–H groups in total. The van der Waals surface area contributed by atoms with Crippen molar-refractivity contribution in [3.63, 3.8) is 0 Å². The van der Waals surface area contributed by atoms with Gasteiger partial charge in [-0.2, -0.15) is 0 Å². The molecule has 0 aliphatic carbocycles. The lowest BCUT2D eigenvalue weighted by Crippen LogP contribution is -2.55. The highest BCUT2D eigenvalue weighted by Crippen LogP contribution is 2.10. The molecule has 0 spiro atoms. The number of nitrogens with one attached hydrogen (secondary N) is 2. The van der Waals surface area contributed by atoms with Gasteiger partial charge < -0.3 is 75.7 Å². The van der Waals surface area contributed by atoms with Crippen molar-refractivity contribution < 1.29 is 63.9 Å². The smallest absolute Gasteiger partial charge is 0.239 e. The van der Waals surface area contributed by atoms with Gasteiger partial charge in [0.15, 0.2) is 0 Å². The van der Waals surface area contributed by atoms with E-state index >= 15 is 0 Å². The Hall–Kier alpha value is -4.68. The van der Waals surface area contributed by atoms with Crippen molar-refractivity contribution in [1.82, 2.24) is 25.3 Å². The second kappa shape index (κ2) is 21.9. The zero-order valence-electron chi connectivity index (χ0n) is 25.0. The van der Waals surface area contributed by atoms with Crippen molar-refractivity contribution in [3.8, 4) is 0 Å². The number of unbranched alkanes of at least 4 members (excludes halogenated alkanes) is 1. The Morgan fingerprint density at radius 3 is 1.58 bits per heavy atom. The Labute approximate surface area is 259 Å². The minimum absolute atomic E-state index is 0.143. The van der Waals surface area contributed by atoms with E-state index in [2.05, 4.69) is 10.6 Å². The third kappa shape index (κ3) is 18.6. The van der Waals surface area contributed by atoms with Crippen LogP contribution >= 0.6 is 0 Å². The number of carbonyl (C=O) groups excluding carboxylic acids is 8. The highest BCUT2D eigenvalue weighted by Gasteiger charge is 2.23. The minimum Gasteiger partial charge on any atom is -0.550 e. The second-order valence-corrected chi connectivity index (χ2v) is 9.88. The Kier molecular flexibility index (Phi) is 19.6. The summed E-state index contributed by atoms with van der Waals surface area (Å²) in [5, 5.41) is 61.5. The van der Waals surface area contributed by atoms with E-state index in [0.717, 1.165) is 4.90 Å². The van der Waals surface area contributed by atoms with E-state index in [1.165, 1.54) is 0 Å². The number of nitrogens with two attached hydrogens (primary N) is 1. The average molecular weight is 644 g/mol. The van der Waals surface area contributed by atoms with Crippen LogP contribution in [0.4, 0.5) is 9.59 Å². The number of rotatable bonds is 25. The first-order valence-electron chi connectivity index (χ1n) is 14.2. The molecule has 45 heavy (non-hydrogen) atoms. The van der Waals surface area contributed by atoms with Gasteiger partial charge in [0.2, 0.25) is 17.7 Å². The summed E-state index contributed by atoms with van der Waals surface area (Å²) in [6.45, 7) is -1.06. The number of amides is 5. The van der Waals surface area contributed by atoms with Gasteiger partial charge in [-0.3, -0.25) is 19.3 Å². The molecule has 0 radical (unpaired) electrons. The summed E-state index contributed by atoms with van der Waals surface area (Å²) in [5.41, 5.74) is 5.28. The van der Waals surface area contributed by atoms with E-state index in [9.17, 15) is 63.9 Å². The summed E-state index contributed by atoms with van der Waals surface area (Å²) in [5.74, 6) is -6.41. The van der Waals surface area contributed by atoms with Gasteiger partial charge in [-0.15, -0.1) is 0 Å². The summed E-state index contributed by atoms with van der Waals surface area (Å²) in [6, 6.07) is -2.42. The van der Waals surface area contributed by atoms with Crippen LogP contribution in [0.3, 0.4) is 0 Å². The first kappa shape index (κ1) is 40.3. The highest BCUT2D eigenvalue weighted by atomic mass is 16.4. The molecule has 0 aliphatic heterocycles. The zero-order valence-corrected chi connectivity index (χ0v) is 25.0. The third-order valence-corrected chi connectivity index (χ3v) is 6.60. The van der Waals surface area contributed by atoms with Gasteiger partial charge in [0.05, 0.1) is 5.97 Å². The van der Waals surface area contributed by atoms with Crippen molar-refractivity contribution in [2.75, 3.05) is 45.8 Å². The Balaban J connectivity index is 5.37. The maximum absolute atomic E-state index is 12.4. The number of primary amides is 1. The Bertz CT molecular complexity index is 1000. The monoisotopic (exact) mass is 643 g/mol. The van der Waals surface area contributed by atoms with Crippen LogP contribution in [0.1, 0.15) is 58.3 Å². The van der Waals surface area contributed by atoms with Crippen molar-refractivity contribution >= 4 is 47.8 Å². The molecule has 0 aromatic rings. The number of hydrogen-bond acceptors (Lipinski definition) is 14. The quantitative estimate of drug-likeness (QED) is 0.0778. The summed E-state index contributed by atoms with van der Waals surface area (Å²) in [7, 11) is 0. The lowest BCUT2D eigenvalue weighted by Gasteiger charge is -2.37. The average Bonchev–Trinajstić information content (AvgIpc) is 2.94. The molecular formula is C26H39N6O13-5. The van der Waals surface area contributed by atoms with Crippen LogP contribution < -0.4 is 41.9 Å². The maximum Gasteiger partial charge on any atom is 0.239 e. The van der Waals surface area contributed by atoms with Crippen LogP contribution in [0, 0.1) is 0 Å². The predicted octanol–water partition coefficient (Wildman–Crippen LogP) is -7.58. The van der Waals surface area contributed by atoms with E-state index in [1.807, 2.05) is 0 Å². The van der Waals surface area contributed by atoms with E-state index < -0.39 is 106 Å². The number of aliphatic carboxylic acids is 3. The fraction of sp³-hybridized carbons (Fsp3) is 0.692. The largest absolute Gasteiger partial charge is 0.550 e. The standard InChI is InChI=1S/C26H44N6O13/c1-2-19(33)29-17(23(27)39)5-3-4-10-28-20(34)7-6-18(24(40)41)30(13-15-31(25(42)43)11-8-21(35)36)14-16-32(26(44)45)12-9-22(37)38/h17-18H,2-16H2,1H3,(H2,27,39)(H,28,34)(H,29,33)(H,35,36)(H,37,38)(H,40,41)(H,42,43)(H,44,45)/p-5. The minimum atomic E-state index is -1.76. The molecule has 2 unspecified atom stereocenters. The van der Waals surface area contributed by atoms with Gasteiger partial charge >= 0.3 is 0 Å². The van der Waals surface area contributed by atoms with Crippen molar-refractivity contribution in [2.45, 2.75) is 70.4 Å². The molecule has 0 saturated carbocycles. The molecule has 2 atom stereocenters. The summed E-state index contributed by atoms with van der Waals surface area (Å²) in [6.07, 6.45) is -4.41. The van der Waals surface area contributed by atoms with Crippen molar-refractivity contribution in [1.29, 1.82) is 0 Å². The SMILES string of the molecule is CCC(=O)NC(CCCCNC(=O)CCC(C(=O)[O-])N(CCN(CCC(=O)[O-])C(=O)[O-])CCN(CCC(=O)[O-])C(=O)[O-])C(N)=O.